The van der Waals surface area contributed by atoms with Gasteiger partial charge in [0.1, 0.15) is 0 Å². The van der Waals surface area contributed by atoms with Crippen molar-refractivity contribution in [2.24, 2.45) is 5.92 Å². The Morgan fingerprint density at radius 2 is 2.03 bits per heavy atom. The van der Waals surface area contributed by atoms with Gasteiger partial charge in [-0.1, -0.05) is 47.9 Å². The van der Waals surface area contributed by atoms with E-state index in [9.17, 15) is 4.79 Å². The average molecular weight is 473 g/mol. The Balaban J connectivity index is 1.79. The molecule has 1 fully saturated rings. The van der Waals surface area contributed by atoms with Gasteiger partial charge in [0.25, 0.3) is 0 Å². The fourth-order valence-electron chi connectivity index (χ4n) is 3.78. The second-order valence-corrected chi connectivity index (χ2v) is 9.39. The van der Waals surface area contributed by atoms with Crippen LogP contribution in [0.3, 0.4) is 0 Å². The van der Waals surface area contributed by atoms with Gasteiger partial charge < -0.3 is 4.74 Å². The summed E-state index contributed by atoms with van der Waals surface area (Å²) >= 11 is 14.1. The molecule has 0 bridgehead atoms. The molecule has 0 saturated heterocycles. The molecule has 0 radical (unpaired) electrons. The molecule has 2 heterocycles. The summed E-state index contributed by atoms with van der Waals surface area (Å²) < 4.78 is 6.91. The fraction of sp³-hybridized carbons (Fsp3) is 0.333. The minimum atomic E-state index is -0.456. The maximum absolute atomic E-state index is 12.5. The highest BCUT2D eigenvalue weighted by Crippen LogP contribution is 2.36. The molecule has 0 N–H and O–H groups in total. The highest BCUT2D eigenvalue weighted by atomic mass is 35.5. The zero-order valence-electron chi connectivity index (χ0n) is 17.4. The number of benzene rings is 1. The SMILES string of the molecule is CCOC(=O)c1nn(-c2ccc(Cl)cc2Cl)c(-c2ccc(C#CC3CCCC3)s2)c1C. The average Bonchev–Trinajstić information content (AvgIpc) is 3.46. The Bertz CT molecular complexity index is 1180. The standard InChI is InChI=1S/C24H22Cl2N2O2S/c1-3-30-24(29)22-15(2)23(28(27-22)20-12-9-17(25)14-19(20)26)21-13-11-18(31-21)10-8-16-6-4-5-7-16/h9,11-14,16H,3-7H2,1-2H3. The van der Waals surface area contributed by atoms with Crippen LogP contribution in [-0.2, 0) is 4.74 Å². The molecule has 0 aliphatic heterocycles. The summed E-state index contributed by atoms with van der Waals surface area (Å²) in [6.45, 7) is 3.93. The molecule has 7 heteroatoms. The normalized spacial score (nSPS) is 13.8. The highest BCUT2D eigenvalue weighted by molar-refractivity contribution is 7.16. The first-order valence-electron chi connectivity index (χ1n) is 10.3. The van der Waals surface area contributed by atoms with E-state index in [0.29, 0.717) is 21.7 Å². The first-order valence-corrected chi connectivity index (χ1v) is 11.9. The lowest BCUT2D eigenvalue weighted by molar-refractivity contribution is 0.0518. The van der Waals surface area contributed by atoms with E-state index < -0.39 is 5.97 Å². The van der Waals surface area contributed by atoms with Gasteiger partial charge in [-0.15, -0.1) is 11.3 Å². The van der Waals surface area contributed by atoms with E-state index in [1.807, 2.05) is 19.1 Å². The molecule has 1 saturated carbocycles. The van der Waals surface area contributed by atoms with Gasteiger partial charge in [-0.3, -0.25) is 0 Å². The number of thiophene rings is 1. The lowest BCUT2D eigenvalue weighted by atomic mass is 10.1. The number of halogens is 2. The Morgan fingerprint density at radius 1 is 1.26 bits per heavy atom. The first-order chi connectivity index (χ1) is 15.0. The van der Waals surface area contributed by atoms with Crippen LogP contribution in [0, 0.1) is 24.7 Å². The van der Waals surface area contributed by atoms with E-state index in [1.165, 1.54) is 25.7 Å². The lowest BCUT2D eigenvalue weighted by Crippen LogP contribution is -2.07. The van der Waals surface area contributed by atoms with E-state index in [0.717, 1.165) is 21.0 Å². The number of aromatic nitrogens is 2. The van der Waals surface area contributed by atoms with Gasteiger partial charge in [-0.05, 0) is 57.0 Å². The first kappa shape index (κ1) is 22.0. The predicted molar refractivity (Wildman–Crippen MR) is 126 cm³/mol. The lowest BCUT2D eigenvalue weighted by Gasteiger charge is -2.09. The number of hydrogen-bond acceptors (Lipinski definition) is 4. The van der Waals surface area contributed by atoms with Gasteiger partial charge in [0.2, 0.25) is 0 Å². The third kappa shape index (κ3) is 4.67. The summed E-state index contributed by atoms with van der Waals surface area (Å²) in [6, 6.07) is 9.25. The molecule has 4 rings (SSSR count). The molecule has 0 atom stereocenters. The molecule has 31 heavy (non-hydrogen) atoms. The third-order valence-electron chi connectivity index (χ3n) is 5.32. The van der Waals surface area contributed by atoms with E-state index in [4.69, 9.17) is 27.9 Å². The van der Waals surface area contributed by atoms with Gasteiger partial charge in [0.15, 0.2) is 5.69 Å². The second-order valence-electron chi connectivity index (χ2n) is 7.46. The number of rotatable bonds is 4. The quantitative estimate of drug-likeness (QED) is 0.305. The van der Waals surface area contributed by atoms with Crippen LogP contribution >= 0.6 is 34.5 Å². The van der Waals surface area contributed by atoms with Crippen LogP contribution in [0.2, 0.25) is 10.0 Å². The van der Waals surface area contributed by atoms with Crippen molar-refractivity contribution in [2.45, 2.75) is 39.5 Å². The topological polar surface area (TPSA) is 44.1 Å². The monoisotopic (exact) mass is 472 g/mol. The zero-order chi connectivity index (χ0) is 22.0. The molecular weight excluding hydrogens is 451 g/mol. The molecule has 1 aromatic carbocycles. The third-order valence-corrected chi connectivity index (χ3v) is 6.87. The van der Waals surface area contributed by atoms with Crippen molar-refractivity contribution in [1.29, 1.82) is 0 Å². The van der Waals surface area contributed by atoms with Crippen LogP contribution < -0.4 is 0 Å². The van der Waals surface area contributed by atoms with Crippen molar-refractivity contribution in [2.75, 3.05) is 6.61 Å². The summed E-state index contributed by atoms with van der Waals surface area (Å²) in [6.07, 6.45) is 4.92. The van der Waals surface area contributed by atoms with Crippen molar-refractivity contribution in [1.82, 2.24) is 9.78 Å². The zero-order valence-corrected chi connectivity index (χ0v) is 19.7. The molecule has 160 valence electrons. The van der Waals surface area contributed by atoms with Crippen molar-refractivity contribution in [3.05, 3.63) is 56.5 Å². The number of ether oxygens (including phenoxy) is 1. The Hall–Kier alpha value is -2.26. The highest BCUT2D eigenvalue weighted by Gasteiger charge is 2.25. The smallest absolute Gasteiger partial charge is 0.359 e. The van der Waals surface area contributed by atoms with Crippen LogP contribution in [0.1, 0.15) is 53.5 Å². The second kappa shape index (κ2) is 9.48. The number of carbonyl (C=O) groups is 1. The molecule has 1 aliphatic rings. The number of esters is 1. The van der Waals surface area contributed by atoms with Crippen LogP contribution in [0.15, 0.2) is 30.3 Å². The van der Waals surface area contributed by atoms with Crippen molar-refractivity contribution < 1.29 is 9.53 Å². The number of hydrogen-bond donors (Lipinski definition) is 0. The molecular formula is C24H22Cl2N2O2S. The molecule has 4 nitrogen and oxygen atoms in total. The molecule has 2 aromatic heterocycles. The van der Waals surface area contributed by atoms with Crippen LogP contribution in [-0.4, -0.2) is 22.4 Å². The summed E-state index contributed by atoms with van der Waals surface area (Å²) in [5.41, 5.74) is 2.45. The Labute approximate surface area is 196 Å². The van der Waals surface area contributed by atoms with Gasteiger partial charge in [-0.25, -0.2) is 9.48 Å². The molecule has 1 aliphatic carbocycles. The molecule has 0 unspecified atom stereocenters. The van der Waals surface area contributed by atoms with Gasteiger partial charge in [0, 0.05) is 16.5 Å². The molecule has 3 aromatic rings. The maximum atomic E-state index is 12.5. The van der Waals surface area contributed by atoms with Crippen LogP contribution in [0.4, 0.5) is 0 Å². The van der Waals surface area contributed by atoms with Gasteiger partial charge >= 0.3 is 5.97 Å². The minimum Gasteiger partial charge on any atom is -0.461 e. The Morgan fingerprint density at radius 3 is 2.74 bits per heavy atom. The number of nitrogens with zero attached hydrogens (tertiary/aromatic N) is 2. The van der Waals surface area contributed by atoms with Crippen LogP contribution in [0.5, 0.6) is 0 Å². The van der Waals surface area contributed by atoms with E-state index in [1.54, 1.807) is 41.1 Å². The minimum absolute atomic E-state index is 0.273. The largest absolute Gasteiger partial charge is 0.461 e. The molecule has 0 spiro atoms. The summed E-state index contributed by atoms with van der Waals surface area (Å²) in [4.78, 5) is 14.5. The van der Waals surface area contributed by atoms with Crippen molar-refractivity contribution in [3.8, 4) is 28.1 Å². The molecule has 0 amide bonds. The van der Waals surface area contributed by atoms with Gasteiger partial charge in [-0.2, -0.15) is 5.10 Å². The fourth-order valence-corrected chi connectivity index (χ4v) is 5.23. The van der Waals surface area contributed by atoms with E-state index >= 15 is 0 Å². The van der Waals surface area contributed by atoms with E-state index in [2.05, 4.69) is 16.9 Å². The van der Waals surface area contributed by atoms with Crippen molar-refractivity contribution in [3.63, 3.8) is 0 Å². The summed E-state index contributed by atoms with van der Waals surface area (Å²) in [5, 5.41) is 5.55. The summed E-state index contributed by atoms with van der Waals surface area (Å²) in [5.74, 6) is 6.78. The van der Waals surface area contributed by atoms with Crippen molar-refractivity contribution >= 4 is 40.5 Å². The van der Waals surface area contributed by atoms with E-state index in [-0.39, 0.29) is 12.3 Å². The number of carbonyl (C=O) groups excluding carboxylic acids is 1. The van der Waals surface area contributed by atoms with Crippen LogP contribution in [0.25, 0.3) is 16.3 Å². The predicted octanol–water partition coefficient (Wildman–Crippen LogP) is 6.93. The van der Waals surface area contributed by atoms with Gasteiger partial charge in [0.05, 0.1) is 32.8 Å². The summed E-state index contributed by atoms with van der Waals surface area (Å²) in [7, 11) is 0. The Kier molecular flexibility index (Phi) is 6.71. The maximum Gasteiger partial charge on any atom is 0.359 e.